The standard InChI is InChI=1S/C21H25N7OS/c1-13-9-21(26-14(2)25-13)28-20-11-19(23-12-24-20)27-17-8-7-16(15-5-6-15)10-18(17)30(4,29)22-3/h7-12,15H,5-6H2,1-4H3,(H2,23,24,25,26,27,28). The summed E-state index contributed by atoms with van der Waals surface area (Å²) in [5.41, 5.74) is 2.82. The van der Waals surface area contributed by atoms with Crippen LogP contribution in [-0.2, 0) is 9.73 Å². The second kappa shape index (κ2) is 7.98. The summed E-state index contributed by atoms with van der Waals surface area (Å²) in [4.78, 5) is 17.9. The number of anilines is 4. The number of hydrogen-bond donors (Lipinski definition) is 2. The van der Waals surface area contributed by atoms with Crippen molar-refractivity contribution < 1.29 is 4.21 Å². The van der Waals surface area contributed by atoms with Gasteiger partial charge in [0.2, 0.25) is 0 Å². The van der Waals surface area contributed by atoms with Crippen LogP contribution in [-0.4, -0.2) is 37.4 Å². The molecule has 30 heavy (non-hydrogen) atoms. The molecular weight excluding hydrogens is 398 g/mol. The van der Waals surface area contributed by atoms with Crippen molar-refractivity contribution in [2.24, 2.45) is 4.36 Å². The summed E-state index contributed by atoms with van der Waals surface area (Å²) in [6, 6.07) is 9.70. The highest BCUT2D eigenvalue weighted by molar-refractivity contribution is 7.93. The van der Waals surface area contributed by atoms with Crippen molar-refractivity contribution >= 4 is 32.9 Å². The van der Waals surface area contributed by atoms with Crippen molar-refractivity contribution in [3.05, 3.63) is 53.7 Å². The summed E-state index contributed by atoms with van der Waals surface area (Å²) < 4.78 is 17.2. The maximum atomic E-state index is 13.1. The molecule has 1 atom stereocenters. The molecule has 156 valence electrons. The quantitative estimate of drug-likeness (QED) is 0.608. The van der Waals surface area contributed by atoms with Crippen LogP contribution < -0.4 is 10.6 Å². The van der Waals surface area contributed by atoms with Crippen LogP contribution in [0.5, 0.6) is 0 Å². The molecule has 2 aromatic heterocycles. The summed E-state index contributed by atoms with van der Waals surface area (Å²) >= 11 is 0. The molecule has 3 aromatic rings. The minimum absolute atomic E-state index is 0.569. The zero-order valence-corrected chi connectivity index (χ0v) is 18.3. The fourth-order valence-corrected chi connectivity index (χ4v) is 4.35. The molecule has 1 unspecified atom stereocenters. The number of nitrogens with one attached hydrogen (secondary N) is 2. The lowest BCUT2D eigenvalue weighted by molar-refractivity contribution is 0.680. The average Bonchev–Trinajstić information content (AvgIpc) is 3.53. The van der Waals surface area contributed by atoms with Crippen LogP contribution in [0, 0.1) is 13.8 Å². The van der Waals surface area contributed by atoms with Crippen LogP contribution in [0.15, 0.2) is 45.9 Å². The summed E-state index contributed by atoms with van der Waals surface area (Å²) in [5, 5.41) is 6.47. The number of rotatable bonds is 6. The normalized spacial score (nSPS) is 15.3. The van der Waals surface area contributed by atoms with E-state index in [1.54, 1.807) is 19.4 Å². The molecule has 2 N–H and O–H groups in total. The first kappa shape index (κ1) is 20.2. The highest BCUT2D eigenvalue weighted by atomic mass is 32.2. The lowest BCUT2D eigenvalue weighted by Crippen LogP contribution is -2.05. The van der Waals surface area contributed by atoms with Gasteiger partial charge in [-0.3, -0.25) is 0 Å². The van der Waals surface area contributed by atoms with E-state index in [1.807, 2.05) is 32.0 Å². The molecule has 0 aliphatic heterocycles. The summed E-state index contributed by atoms with van der Waals surface area (Å²) in [5.74, 6) is 3.10. The molecule has 0 radical (unpaired) electrons. The van der Waals surface area contributed by atoms with Crippen molar-refractivity contribution in [1.82, 2.24) is 19.9 Å². The average molecular weight is 424 g/mol. The minimum Gasteiger partial charge on any atom is -0.339 e. The molecule has 1 fully saturated rings. The molecule has 4 rings (SSSR count). The highest BCUT2D eigenvalue weighted by Gasteiger charge is 2.25. The van der Waals surface area contributed by atoms with Gasteiger partial charge >= 0.3 is 0 Å². The first-order valence-corrected chi connectivity index (χ1v) is 11.7. The third kappa shape index (κ3) is 4.56. The van der Waals surface area contributed by atoms with Gasteiger partial charge in [-0.15, -0.1) is 0 Å². The van der Waals surface area contributed by atoms with E-state index in [0.717, 1.165) is 11.4 Å². The number of nitrogens with zero attached hydrogens (tertiary/aromatic N) is 5. The van der Waals surface area contributed by atoms with Crippen LogP contribution >= 0.6 is 0 Å². The van der Waals surface area contributed by atoms with Gasteiger partial charge in [-0.05, 0) is 50.3 Å². The van der Waals surface area contributed by atoms with Gasteiger partial charge in [0.1, 0.15) is 29.6 Å². The molecule has 0 amide bonds. The molecule has 1 saturated carbocycles. The zero-order chi connectivity index (χ0) is 21.3. The molecule has 1 aliphatic rings. The van der Waals surface area contributed by atoms with Crippen LogP contribution in [0.2, 0.25) is 0 Å². The van der Waals surface area contributed by atoms with Gasteiger partial charge < -0.3 is 10.6 Å². The number of aryl methyl sites for hydroxylation is 2. The Bertz CT molecular complexity index is 1190. The van der Waals surface area contributed by atoms with Gasteiger partial charge in [-0.2, -0.15) is 0 Å². The van der Waals surface area contributed by atoms with E-state index in [-0.39, 0.29) is 0 Å². The Balaban J connectivity index is 1.63. The van der Waals surface area contributed by atoms with E-state index in [9.17, 15) is 4.21 Å². The lowest BCUT2D eigenvalue weighted by atomic mass is 10.1. The molecule has 0 saturated heterocycles. The van der Waals surface area contributed by atoms with Crippen LogP contribution in [0.3, 0.4) is 0 Å². The van der Waals surface area contributed by atoms with Crippen LogP contribution in [0.4, 0.5) is 23.1 Å². The first-order valence-electron chi connectivity index (χ1n) is 9.76. The second-order valence-electron chi connectivity index (χ2n) is 7.50. The molecule has 2 heterocycles. The number of benzene rings is 1. The molecule has 9 heteroatoms. The summed E-state index contributed by atoms with van der Waals surface area (Å²) in [7, 11) is -0.917. The van der Waals surface area contributed by atoms with Gasteiger partial charge in [0.15, 0.2) is 0 Å². The molecule has 8 nitrogen and oxygen atoms in total. The Labute approximate surface area is 176 Å². The zero-order valence-electron chi connectivity index (χ0n) is 17.5. The minimum atomic E-state index is -2.51. The van der Waals surface area contributed by atoms with Gasteiger partial charge in [-0.1, -0.05) is 6.07 Å². The Hall–Kier alpha value is -3.07. The largest absolute Gasteiger partial charge is 0.339 e. The van der Waals surface area contributed by atoms with Crippen molar-refractivity contribution in [2.75, 3.05) is 23.9 Å². The second-order valence-corrected chi connectivity index (χ2v) is 9.91. The van der Waals surface area contributed by atoms with Crippen molar-refractivity contribution in [1.29, 1.82) is 0 Å². The highest BCUT2D eigenvalue weighted by Crippen LogP contribution is 2.42. The Morgan fingerprint density at radius 1 is 1.00 bits per heavy atom. The SMILES string of the molecule is CN=S(C)(=O)c1cc(C2CC2)ccc1Nc1cc(Nc2cc(C)nc(C)n2)ncn1. The van der Waals surface area contributed by atoms with E-state index in [2.05, 4.69) is 41.0 Å². The first-order chi connectivity index (χ1) is 14.3. The van der Waals surface area contributed by atoms with E-state index in [1.165, 1.54) is 24.7 Å². The summed E-state index contributed by atoms with van der Waals surface area (Å²) in [6.07, 6.45) is 5.50. The van der Waals surface area contributed by atoms with Gasteiger partial charge in [0.25, 0.3) is 0 Å². The smallest absolute Gasteiger partial charge is 0.137 e. The topological polar surface area (TPSA) is 105 Å². The summed E-state index contributed by atoms with van der Waals surface area (Å²) in [6.45, 7) is 3.76. The van der Waals surface area contributed by atoms with E-state index < -0.39 is 9.73 Å². The van der Waals surface area contributed by atoms with E-state index >= 15 is 0 Å². The Morgan fingerprint density at radius 2 is 1.73 bits per heavy atom. The predicted molar refractivity (Wildman–Crippen MR) is 119 cm³/mol. The van der Waals surface area contributed by atoms with E-state index in [4.69, 9.17) is 0 Å². The fourth-order valence-electron chi connectivity index (χ4n) is 3.27. The molecule has 1 aromatic carbocycles. The van der Waals surface area contributed by atoms with Crippen LogP contribution in [0.1, 0.15) is 35.8 Å². The molecule has 0 spiro atoms. The van der Waals surface area contributed by atoms with Gasteiger partial charge in [0.05, 0.1) is 20.3 Å². The maximum Gasteiger partial charge on any atom is 0.137 e. The van der Waals surface area contributed by atoms with Crippen molar-refractivity contribution in [2.45, 2.75) is 37.5 Å². The third-order valence-corrected chi connectivity index (χ3v) is 6.81. The van der Waals surface area contributed by atoms with Gasteiger partial charge in [0, 0.05) is 31.1 Å². The molecule has 0 bridgehead atoms. The van der Waals surface area contributed by atoms with Crippen LogP contribution in [0.25, 0.3) is 0 Å². The lowest BCUT2D eigenvalue weighted by Gasteiger charge is -2.15. The number of aromatic nitrogens is 4. The fraction of sp³-hybridized carbons (Fsp3) is 0.333. The Kier molecular flexibility index (Phi) is 5.38. The van der Waals surface area contributed by atoms with E-state index in [0.29, 0.717) is 34.1 Å². The van der Waals surface area contributed by atoms with Crippen molar-refractivity contribution in [3.63, 3.8) is 0 Å². The Morgan fingerprint density at radius 3 is 2.40 bits per heavy atom. The maximum absolute atomic E-state index is 13.1. The monoisotopic (exact) mass is 423 g/mol. The molecule has 1 aliphatic carbocycles. The molecular formula is C21H25N7OS. The third-order valence-electron chi connectivity index (χ3n) is 4.96. The number of hydrogen-bond acceptors (Lipinski definition) is 8. The predicted octanol–water partition coefficient (Wildman–Crippen LogP) is 4.33. The van der Waals surface area contributed by atoms with Gasteiger partial charge in [-0.25, -0.2) is 28.5 Å². The van der Waals surface area contributed by atoms with Crippen molar-refractivity contribution in [3.8, 4) is 0 Å².